The molecule has 1 aliphatic rings. The summed E-state index contributed by atoms with van der Waals surface area (Å²) in [4.78, 5) is 30.0. The van der Waals surface area contributed by atoms with Crippen molar-refractivity contribution in [2.75, 3.05) is 46.9 Å². The van der Waals surface area contributed by atoms with Gasteiger partial charge in [-0.2, -0.15) is 4.31 Å². The number of piperazine rings is 1. The number of nitrogens with one attached hydrogen (secondary N) is 1. The van der Waals surface area contributed by atoms with Crippen LogP contribution in [0.25, 0.3) is 0 Å². The van der Waals surface area contributed by atoms with Crippen LogP contribution < -0.4 is 9.47 Å². The Bertz CT molecular complexity index is 1150. The van der Waals surface area contributed by atoms with Gasteiger partial charge in [-0.15, -0.1) is 0 Å². The van der Waals surface area contributed by atoms with E-state index in [0.29, 0.717) is 42.2 Å². The Kier molecular flexibility index (Phi) is 7.61. The van der Waals surface area contributed by atoms with Gasteiger partial charge in [0, 0.05) is 43.5 Å². The molecule has 0 bridgehead atoms. The monoisotopic (exact) mass is 477 g/mol. The topological polar surface area (TPSA) is 109 Å². The first kappa shape index (κ1) is 24.9. The highest BCUT2D eigenvalue weighted by atomic mass is 32.2. The summed E-state index contributed by atoms with van der Waals surface area (Å²) in [6.07, 6.45) is 0.578. The molecule has 0 spiro atoms. The van der Waals surface area contributed by atoms with E-state index < -0.39 is 10.0 Å². The van der Waals surface area contributed by atoms with Gasteiger partial charge in [0.15, 0.2) is 11.6 Å². The van der Waals surface area contributed by atoms with Crippen LogP contribution in [0.1, 0.15) is 46.0 Å². The van der Waals surface area contributed by atoms with Gasteiger partial charge in [-0.3, -0.25) is 14.5 Å². The highest BCUT2D eigenvalue weighted by molar-refractivity contribution is 7.89. The minimum atomic E-state index is -3.79. The number of hydrogen-bond acceptors (Lipinski definition) is 7. The maximum Gasteiger partial charge on any atom is 0.246 e. The van der Waals surface area contributed by atoms with Gasteiger partial charge in [0.25, 0.3) is 0 Å². The summed E-state index contributed by atoms with van der Waals surface area (Å²) >= 11 is 0. The minimum Gasteiger partial charge on any atom is -0.497 e. The Balaban J connectivity index is 1.71. The number of ether oxygens (including phenoxy) is 2. The van der Waals surface area contributed by atoms with Crippen LogP contribution in [0.3, 0.4) is 0 Å². The van der Waals surface area contributed by atoms with Gasteiger partial charge in [0.2, 0.25) is 10.0 Å². The van der Waals surface area contributed by atoms with Gasteiger partial charge in [-0.05, 0) is 38.0 Å². The van der Waals surface area contributed by atoms with E-state index >= 15 is 0 Å². The number of Topliss-reactive ketones (excluding diaryl/α,β-unsaturated/α-hetero) is 2. The van der Waals surface area contributed by atoms with E-state index in [1.165, 1.54) is 31.5 Å². The van der Waals surface area contributed by atoms with Crippen LogP contribution in [0.4, 0.5) is 0 Å². The molecule has 0 aliphatic carbocycles. The molecule has 3 rings (SSSR count). The molecule has 1 aliphatic heterocycles. The molecule has 0 unspecified atom stereocenters. The first-order valence-corrected chi connectivity index (χ1v) is 12.3. The Hall–Kier alpha value is -2.69. The summed E-state index contributed by atoms with van der Waals surface area (Å²) in [6, 6.07) is 4.67. The molecule has 0 saturated carbocycles. The molecule has 180 valence electrons. The number of rotatable bonds is 9. The Morgan fingerprint density at radius 1 is 1.09 bits per heavy atom. The Morgan fingerprint density at radius 3 is 2.30 bits per heavy atom. The maximum atomic E-state index is 13.2. The van der Waals surface area contributed by atoms with Crippen LogP contribution in [0.5, 0.6) is 11.5 Å². The van der Waals surface area contributed by atoms with Crippen molar-refractivity contribution in [3.63, 3.8) is 0 Å². The van der Waals surface area contributed by atoms with Crippen LogP contribution in [0.15, 0.2) is 23.1 Å². The molecular formula is C23H31N3O6S. The fourth-order valence-electron chi connectivity index (χ4n) is 4.28. The lowest BCUT2D eigenvalue weighted by molar-refractivity contribution is 0.0896. The van der Waals surface area contributed by atoms with Gasteiger partial charge < -0.3 is 14.5 Å². The fourth-order valence-corrected chi connectivity index (χ4v) is 5.87. The van der Waals surface area contributed by atoms with E-state index in [2.05, 4.69) is 4.98 Å². The standard InChI is InChI=1S/C23H31N3O6S/c1-6-18-22(16(3)27)15(2)24-23(18)19(28)14-25-9-11-26(12-10-25)33(29,30)21-13-17(31-4)7-8-20(21)32-5/h7-8,13,24H,6,9-12,14H2,1-5H3. The van der Waals surface area contributed by atoms with Gasteiger partial charge in [-0.25, -0.2) is 8.42 Å². The summed E-state index contributed by atoms with van der Waals surface area (Å²) in [5, 5.41) is 0. The number of aromatic amines is 1. The number of benzene rings is 1. The second-order valence-electron chi connectivity index (χ2n) is 8.01. The van der Waals surface area contributed by atoms with Crippen LogP contribution in [-0.4, -0.2) is 81.1 Å². The number of methoxy groups -OCH3 is 2. The molecule has 10 heteroatoms. The fraction of sp³-hybridized carbons (Fsp3) is 0.478. The normalized spacial score (nSPS) is 15.4. The molecule has 1 fully saturated rings. The highest BCUT2D eigenvalue weighted by Crippen LogP contribution is 2.31. The Labute approximate surface area is 194 Å². The molecule has 1 N–H and O–H groups in total. The van der Waals surface area contributed by atoms with Crippen molar-refractivity contribution >= 4 is 21.6 Å². The summed E-state index contributed by atoms with van der Waals surface area (Å²) < 4.78 is 38.3. The number of carbonyl (C=O) groups is 2. The number of nitrogens with zero attached hydrogens (tertiary/aromatic N) is 2. The molecule has 1 aromatic carbocycles. The largest absolute Gasteiger partial charge is 0.497 e. The average molecular weight is 478 g/mol. The van der Waals surface area contributed by atoms with Crippen molar-refractivity contribution in [3.05, 3.63) is 40.7 Å². The third-order valence-corrected chi connectivity index (χ3v) is 7.88. The molecule has 2 aromatic rings. The third kappa shape index (κ3) is 4.97. The van der Waals surface area contributed by atoms with Gasteiger partial charge >= 0.3 is 0 Å². The molecular weight excluding hydrogens is 446 g/mol. The lowest BCUT2D eigenvalue weighted by Crippen LogP contribution is -2.49. The first-order valence-electron chi connectivity index (χ1n) is 10.8. The number of ketones is 2. The predicted octanol–water partition coefficient (Wildman–Crippen LogP) is 2.29. The van der Waals surface area contributed by atoms with E-state index in [0.717, 1.165) is 5.56 Å². The van der Waals surface area contributed by atoms with Crippen molar-refractivity contribution in [1.82, 2.24) is 14.2 Å². The summed E-state index contributed by atoms with van der Waals surface area (Å²) in [5.74, 6) is 0.514. The first-order chi connectivity index (χ1) is 15.6. The smallest absolute Gasteiger partial charge is 0.246 e. The summed E-state index contributed by atoms with van der Waals surface area (Å²) in [6.45, 7) is 6.70. The molecule has 0 atom stereocenters. The number of aryl methyl sites for hydroxylation is 1. The third-order valence-electron chi connectivity index (χ3n) is 5.96. The van der Waals surface area contributed by atoms with Crippen molar-refractivity contribution in [1.29, 1.82) is 0 Å². The van der Waals surface area contributed by atoms with E-state index in [4.69, 9.17) is 9.47 Å². The molecule has 0 radical (unpaired) electrons. The van der Waals surface area contributed by atoms with Crippen molar-refractivity contribution in [3.8, 4) is 11.5 Å². The van der Waals surface area contributed by atoms with Crippen molar-refractivity contribution < 1.29 is 27.5 Å². The molecule has 33 heavy (non-hydrogen) atoms. The second-order valence-corrected chi connectivity index (χ2v) is 9.91. The average Bonchev–Trinajstić information content (AvgIpc) is 3.15. The summed E-state index contributed by atoms with van der Waals surface area (Å²) in [7, 11) is -0.890. The number of H-pyrrole nitrogens is 1. The van der Waals surface area contributed by atoms with Gasteiger partial charge in [-0.1, -0.05) is 6.92 Å². The Morgan fingerprint density at radius 2 is 1.76 bits per heavy atom. The lowest BCUT2D eigenvalue weighted by atomic mass is 10.0. The van der Waals surface area contributed by atoms with Crippen molar-refractivity contribution in [2.45, 2.75) is 32.1 Å². The molecule has 0 amide bonds. The molecule has 2 heterocycles. The SMILES string of the molecule is CCc1c(C(=O)CN2CCN(S(=O)(=O)c3cc(OC)ccc3OC)CC2)[nH]c(C)c1C(C)=O. The zero-order valence-corrected chi connectivity index (χ0v) is 20.5. The number of carbonyl (C=O) groups excluding carboxylic acids is 2. The van der Waals surface area contributed by atoms with Crippen molar-refractivity contribution in [2.24, 2.45) is 0 Å². The van der Waals surface area contributed by atoms with Gasteiger partial charge in [0.1, 0.15) is 16.4 Å². The maximum absolute atomic E-state index is 13.2. The van der Waals surface area contributed by atoms with Crippen LogP contribution >= 0.6 is 0 Å². The minimum absolute atomic E-state index is 0.0556. The number of hydrogen-bond donors (Lipinski definition) is 1. The van der Waals surface area contributed by atoms with Crippen LogP contribution in [-0.2, 0) is 16.4 Å². The van der Waals surface area contributed by atoms with Crippen LogP contribution in [0, 0.1) is 6.92 Å². The van der Waals surface area contributed by atoms with Crippen LogP contribution in [0.2, 0.25) is 0 Å². The summed E-state index contributed by atoms with van der Waals surface area (Å²) in [5.41, 5.74) is 2.50. The van der Waals surface area contributed by atoms with E-state index in [9.17, 15) is 18.0 Å². The highest BCUT2D eigenvalue weighted by Gasteiger charge is 2.32. The molecule has 1 saturated heterocycles. The zero-order chi connectivity index (χ0) is 24.3. The van der Waals surface area contributed by atoms with Gasteiger partial charge in [0.05, 0.1) is 26.5 Å². The lowest BCUT2D eigenvalue weighted by Gasteiger charge is -2.33. The number of aromatic nitrogens is 1. The quantitative estimate of drug-likeness (QED) is 0.552. The predicted molar refractivity (Wildman–Crippen MR) is 124 cm³/mol. The second kappa shape index (κ2) is 10.1. The molecule has 9 nitrogen and oxygen atoms in total. The number of sulfonamides is 1. The van der Waals surface area contributed by atoms with E-state index in [1.54, 1.807) is 19.1 Å². The molecule has 1 aromatic heterocycles. The zero-order valence-electron chi connectivity index (χ0n) is 19.7. The van der Waals surface area contributed by atoms with E-state index in [1.807, 2.05) is 11.8 Å². The van der Waals surface area contributed by atoms with E-state index in [-0.39, 0.29) is 41.8 Å².